The van der Waals surface area contributed by atoms with E-state index in [4.69, 9.17) is 9.47 Å². The predicted octanol–water partition coefficient (Wildman–Crippen LogP) is 6.05. The summed E-state index contributed by atoms with van der Waals surface area (Å²) in [5, 5.41) is 0. The number of Topliss-reactive ketones (excluding diaryl/α,β-unsaturated/α-hetero) is 1. The van der Waals surface area contributed by atoms with Crippen LogP contribution in [0.15, 0.2) is 46.6 Å². The fourth-order valence-electron chi connectivity index (χ4n) is 3.29. The molecule has 1 aliphatic heterocycles. The van der Waals surface area contributed by atoms with Crippen molar-refractivity contribution in [3.63, 3.8) is 0 Å². The predicted molar refractivity (Wildman–Crippen MR) is 116 cm³/mol. The number of rotatable bonds is 5. The van der Waals surface area contributed by atoms with Crippen molar-refractivity contribution < 1.29 is 45.8 Å². The molecule has 0 saturated carbocycles. The molecule has 180 valence electrons. The van der Waals surface area contributed by atoms with Gasteiger partial charge in [0.25, 0.3) is 0 Å². The minimum absolute atomic E-state index is 0.0410. The lowest BCUT2D eigenvalue weighted by Gasteiger charge is -2.11. The van der Waals surface area contributed by atoms with E-state index in [2.05, 4.69) is 20.7 Å². The van der Waals surface area contributed by atoms with Crippen LogP contribution < -0.4 is 14.2 Å². The Hall–Kier alpha value is -3.73. The number of ketones is 1. The molecule has 5 nitrogen and oxygen atoms in total. The molecule has 0 unspecified atom stereocenters. The van der Waals surface area contributed by atoms with Crippen molar-refractivity contribution in [1.82, 2.24) is 0 Å². The van der Waals surface area contributed by atoms with Crippen molar-refractivity contribution in [2.45, 2.75) is 6.92 Å². The van der Waals surface area contributed by atoms with Gasteiger partial charge in [0.2, 0.25) is 34.9 Å². The first kappa shape index (κ1) is 24.4. The van der Waals surface area contributed by atoms with E-state index in [0.29, 0.717) is 11.1 Å². The van der Waals surface area contributed by atoms with E-state index in [-0.39, 0.29) is 28.6 Å². The Morgan fingerprint density at radius 3 is 2.31 bits per heavy atom. The summed E-state index contributed by atoms with van der Waals surface area (Å²) in [6.07, 6.45) is 1.54. The highest BCUT2D eigenvalue weighted by molar-refractivity contribution is 9.10. The maximum atomic E-state index is 13.7. The van der Waals surface area contributed by atoms with Crippen LogP contribution in [0.3, 0.4) is 0 Å². The van der Waals surface area contributed by atoms with Gasteiger partial charge in [0.1, 0.15) is 11.5 Å². The van der Waals surface area contributed by atoms with Gasteiger partial charge in [0, 0.05) is 10.5 Å². The second-order valence-electron chi connectivity index (χ2n) is 7.27. The van der Waals surface area contributed by atoms with Gasteiger partial charge in [-0.15, -0.1) is 0 Å². The number of benzene rings is 3. The number of aryl methyl sites for hydroxylation is 1. The average Bonchev–Trinajstić information content (AvgIpc) is 3.11. The molecule has 1 aliphatic rings. The largest absolute Gasteiger partial charge is 0.476 e. The molecule has 0 N–H and O–H groups in total. The zero-order chi connectivity index (χ0) is 25.4. The Morgan fingerprint density at radius 1 is 1.00 bits per heavy atom. The molecule has 1 heterocycles. The number of fused-ring (bicyclic) bond motifs is 1. The molecule has 35 heavy (non-hydrogen) atoms. The first-order valence-corrected chi connectivity index (χ1v) is 10.6. The summed E-state index contributed by atoms with van der Waals surface area (Å²) in [5.41, 5.74) is 1.36. The molecule has 0 aliphatic carbocycles. The first-order chi connectivity index (χ1) is 16.6. The number of carbonyl (C=O) groups excluding carboxylic acids is 2. The van der Waals surface area contributed by atoms with Gasteiger partial charge >= 0.3 is 5.97 Å². The molecule has 0 saturated heterocycles. The highest BCUT2D eigenvalue weighted by Gasteiger charge is 2.31. The van der Waals surface area contributed by atoms with Crippen LogP contribution in [0.4, 0.5) is 22.0 Å². The summed E-state index contributed by atoms with van der Waals surface area (Å²) in [6, 6.07) is 9.73. The molecule has 3 aromatic rings. The quantitative estimate of drug-likeness (QED) is 0.0958. The van der Waals surface area contributed by atoms with Gasteiger partial charge < -0.3 is 14.2 Å². The Labute approximate surface area is 202 Å². The van der Waals surface area contributed by atoms with Crippen LogP contribution in [0.1, 0.15) is 21.5 Å². The molecule has 0 spiro atoms. The summed E-state index contributed by atoms with van der Waals surface area (Å²) in [5.74, 6) is -14.4. The van der Waals surface area contributed by atoms with Crippen molar-refractivity contribution in [2.75, 3.05) is 6.61 Å². The highest BCUT2D eigenvalue weighted by atomic mass is 79.9. The molecule has 3 aromatic carbocycles. The lowest BCUT2D eigenvalue weighted by atomic mass is 10.0. The first-order valence-electron chi connectivity index (χ1n) is 9.76. The van der Waals surface area contributed by atoms with Crippen LogP contribution >= 0.6 is 15.9 Å². The number of hydrogen-bond donors (Lipinski definition) is 0. The fourth-order valence-corrected chi connectivity index (χ4v) is 3.70. The molecule has 11 heteroatoms. The van der Waals surface area contributed by atoms with Gasteiger partial charge in [-0.3, -0.25) is 4.79 Å². The smallest absolute Gasteiger partial charge is 0.349 e. The average molecular weight is 555 g/mol. The minimum Gasteiger partial charge on any atom is -0.476 e. The normalized spacial score (nSPS) is 13.6. The molecule has 0 atom stereocenters. The van der Waals surface area contributed by atoms with E-state index in [9.17, 15) is 31.5 Å². The summed E-state index contributed by atoms with van der Waals surface area (Å²) in [6.45, 7) is 0.410. The molecule has 0 aromatic heterocycles. The van der Waals surface area contributed by atoms with Crippen molar-refractivity contribution in [1.29, 1.82) is 0 Å². The van der Waals surface area contributed by atoms with Crippen LogP contribution in [-0.4, -0.2) is 18.4 Å². The zero-order valence-electron chi connectivity index (χ0n) is 17.6. The van der Waals surface area contributed by atoms with Crippen LogP contribution in [0.25, 0.3) is 6.08 Å². The lowest BCUT2D eigenvalue weighted by Crippen LogP contribution is -2.19. The van der Waals surface area contributed by atoms with Crippen LogP contribution in [0.2, 0.25) is 0 Å². The molecule has 0 bridgehead atoms. The number of esters is 1. The van der Waals surface area contributed by atoms with Gasteiger partial charge in [0.05, 0.1) is 5.56 Å². The van der Waals surface area contributed by atoms with Crippen molar-refractivity contribution >= 4 is 33.8 Å². The number of halogens is 6. The van der Waals surface area contributed by atoms with Crippen LogP contribution in [0.5, 0.6) is 17.2 Å². The third kappa shape index (κ3) is 4.76. The summed E-state index contributed by atoms with van der Waals surface area (Å²) < 4.78 is 82.9. The summed E-state index contributed by atoms with van der Waals surface area (Å²) >= 11 is 3.34. The third-order valence-corrected chi connectivity index (χ3v) is 5.32. The van der Waals surface area contributed by atoms with E-state index < -0.39 is 47.4 Å². The summed E-state index contributed by atoms with van der Waals surface area (Å²) in [7, 11) is 0. The minimum atomic E-state index is -2.36. The molecule has 0 radical (unpaired) electrons. The van der Waals surface area contributed by atoms with Gasteiger partial charge in [-0.2, -0.15) is 8.78 Å². The van der Waals surface area contributed by atoms with Gasteiger partial charge in [-0.1, -0.05) is 28.1 Å². The second-order valence-corrected chi connectivity index (χ2v) is 8.19. The van der Waals surface area contributed by atoms with Crippen LogP contribution in [-0.2, 0) is 4.79 Å². The van der Waals surface area contributed by atoms with Crippen molar-refractivity contribution in [2.24, 2.45) is 0 Å². The topological polar surface area (TPSA) is 61.8 Å². The number of hydrogen-bond acceptors (Lipinski definition) is 5. The van der Waals surface area contributed by atoms with E-state index in [0.717, 1.165) is 4.47 Å². The van der Waals surface area contributed by atoms with E-state index in [1.807, 2.05) is 6.07 Å². The molecule has 0 fully saturated rings. The fraction of sp³-hybridized carbons (Fsp3) is 0.0833. The Bertz CT molecular complexity index is 1390. The Kier molecular flexibility index (Phi) is 6.62. The van der Waals surface area contributed by atoms with Crippen LogP contribution in [0, 0.1) is 36.0 Å². The van der Waals surface area contributed by atoms with E-state index in [1.165, 1.54) is 18.2 Å². The van der Waals surface area contributed by atoms with E-state index >= 15 is 0 Å². The third-order valence-electron chi connectivity index (χ3n) is 4.83. The lowest BCUT2D eigenvalue weighted by molar-refractivity contribution is -0.136. The Balaban J connectivity index is 1.50. The van der Waals surface area contributed by atoms with E-state index in [1.54, 1.807) is 25.1 Å². The van der Waals surface area contributed by atoms with Crippen molar-refractivity contribution in [3.05, 3.63) is 92.4 Å². The number of carbonyl (C=O) groups is 2. The summed E-state index contributed by atoms with van der Waals surface area (Å²) in [4.78, 5) is 24.8. The SMILES string of the molecule is Cc1cc(OC(=O)COc2c(F)c(F)c(F)c(F)c2F)cc2c1C(=O)/C(=C/c1cccc(Br)c1)O2. The zero-order valence-corrected chi connectivity index (χ0v) is 19.1. The highest BCUT2D eigenvalue weighted by Crippen LogP contribution is 2.38. The van der Waals surface area contributed by atoms with Gasteiger partial charge in [-0.25, -0.2) is 18.0 Å². The number of allylic oxidation sites excluding steroid dienone is 1. The maximum absolute atomic E-state index is 13.7. The molecule has 0 amide bonds. The molecular formula is C24H12BrF5O5. The molecule has 4 rings (SSSR count). The molecular weight excluding hydrogens is 543 g/mol. The van der Waals surface area contributed by atoms with Gasteiger partial charge in [-0.05, 0) is 42.3 Å². The Morgan fingerprint density at radius 2 is 1.66 bits per heavy atom. The monoisotopic (exact) mass is 554 g/mol. The standard InChI is InChI=1S/C24H12BrF5O5/c1-10-5-13(34-16(31)9-33-24-21(29)19(27)18(26)20(28)22(24)30)8-14-17(10)23(32)15(35-14)7-11-3-2-4-12(25)6-11/h2-8H,9H2,1H3/b15-7-. The van der Waals surface area contributed by atoms with Crippen molar-refractivity contribution in [3.8, 4) is 17.2 Å². The maximum Gasteiger partial charge on any atom is 0.349 e. The number of ether oxygens (including phenoxy) is 3. The van der Waals surface area contributed by atoms with Gasteiger partial charge in [0.15, 0.2) is 18.1 Å². The second kappa shape index (κ2) is 9.49.